The zero-order valence-electron chi connectivity index (χ0n) is 17.8. The number of carbonyl (C=O) groups excluding carboxylic acids is 2. The third-order valence-electron chi connectivity index (χ3n) is 4.91. The van der Waals surface area contributed by atoms with Crippen LogP contribution >= 0.6 is 11.8 Å². The van der Waals surface area contributed by atoms with Gasteiger partial charge in [-0.3, -0.25) is 34.7 Å². The molecule has 1 saturated heterocycles. The molecule has 0 N–H and O–H groups in total. The maximum Gasteiger partial charge on any atom is 0.318 e. The van der Waals surface area contributed by atoms with Crippen LogP contribution in [0.1, 0.15) is 25.8 Å². The highest BCUT2D eigenvalue weighted by Crippen LogP contribution is 2.39. The molecule has 0 saturated carbocycles. The van der Waals surface area contributed by atoms with E-state index in [0.29, 0.717) is 12.0 Å². The summed E-state index contributed by atoms with van der Waals surface area (Å²) in [5.41, 5.74) is -0.469. The molecule has 1 heterocycles. The standard InChI is InChI=1S/C21H19N3O8S/c1-4-12(2)22-20(25)19(33-21(22)26)10-13-5-7-17(18(9-13)31-3)32-16-8-6-14(23(27)28)11-15(16)24(29)30/h5-12H,4H2,1-3H3/b19-10+/t12-/m1/s1. The molecule has 2 aromatic rings. The maximum absolute atomic E-state index is 12.6. The number of nitro benzene ring substituents is 2. The molecule has 172 valence electrons. The van der Waals surface area contributed by atoms with E-state index in [-0.39, 0.29) is 39.3 Å². The molecule has 3 rings (SSSR count). The highest BCUT2D eigenvalue weighted by Gasteiger charge is 2.37. The smallest absolute Gasteiger partial charge is 0.318 e. The van der Waals surface area contributed by atoms with Crippen LogP contribution in [0.5, 0.6) is 17.2 Å². The van der Waals surface area contributed by atoms with E-state index in [4.69, 9.17) is 9.47 Å². The van der Waals surface area contributed by atoms with E-state index in [2.05, 4.69) is 0 Å². The van der Waals surface area contributed by atoms with Crippen LogP contribution in [0.15, 0.2) is 41.3 Å². The molecule has 11 nitrogen and oxygen atoms in total. The molecule has 0 radical (unpaired) electrons. The Morgan fingerprint density at radius 1 is 1.06 bits per heavy atom. The van der Waals surface area contributed by atoms with E-state index >= 15 is 0 Å². The van der Waals surface area contributed by atoms with Gasteiger partial charge in [0.05, 0.1) is 27.9 Å². The average molecular weight is 473 g/mol. The van der Waals surface area contributed by atoms with Gasteiger partial charge in [-0.25, -0.2) is 0 Å². The number of non-ortho nitro benzene ring substituents is 1. The van der Waals surface area contributed by atoms with E-state index in [1.807, 2.05) is 6.92 Å². The number of thioether (sulfide) groups is 1. The summed E-state index contributed by atoms with van der Waals surface area (Å²) in [5, 5.41) is 21.9. The van der Waals surface area contributed by atoms with Gasteiger partial charge in [-0.2, -0.15) is 0 Å². The molecule has 0 bridgehead atoms. The lowest BCUT2D eigenvalue weighted by Crippen LogP contribution is -2.36. The number of ether oxygens (including phenoxy) is 2. The number of rotatable bonds is 8. The van der Waals surface area contributed by atoms with Crippen LogP contribution < -0.4 is 9.47 Å². The second-order valence-corrected chi connectivity index (χ2v) is 7.98. The molecule has 33 heavy (non-hydrogen) atoms. The van der Waals surface area contributed by atoms with Gasteiger partial charge in [0.2, 0.25) is 5.75 Å². The van der Waals surface area contributed by atoms with E-state index in [0.717, 1.165) is 30.0 Å². The van der Waals surface area contributed by atoms with Crippen LogP contribution in [0.3, 0.4) is 0 Å². The molecule has 0 spiro atoms. The number of hydrogen-bond donors (Lipinski definition) is 0. The number of benzene rings is 2. The van der Waals surface area contributed by atoms with Gasteiger partial charge in [-0.1, -0.05) is 13.0 Å². The Hall–Kier alpha value is -3.93. The topological polar surface area (TPSA) is 142 Å². The number of carbonyl (C=O) groups is 2. The molecule has 1 aliphatic rings. The highest BCUT2D eigenvalue weighted by molar-refractivity contribution is 8.18. The number of nitro groups is 2. The Kier molecular flexibility index (Phi) is 6.97. The van der Waals surface area contributed by atoms with Crippen molar-refractivity contribution < 1.29 is 28.9 Å². The van der Waals surface area contributed by atoms with Crippen LogP contribution in [0, 0.1) is 20.2 Å². The Bertz CT molecular complexity index is 1180. The monoisotopic (exact) mass is 473 g/mol. The number of amides is 2. The van der Waals surface area contributed by atoms with Gasteiger partial charge in [0, 0.05) is 12.1 Å². The summed E-state index contributed by atoms with van der Waals surface area (Å²) in [4.78, 5) is 47.0. The summed E-state index contributed by atoms with van der Waals surface area (Å²) in [5.74, 6) is -0.247. The molecule has 0 aromatic heterocycles. The summed E-state index contributed by atoms with van der Waals surface area (Å²) in [6.45, 7) is 3.68. The second kappa shape index (κ2) is 9.69. The first-order chi connectivity index (χ1) is 15.7. The lowest BCUT2D eigenvalue weighted by Gasteiger charge is -2.19. The Morgan fingerprint density at radius 2 is 1.76 bits per heavy atom. The minimum Gasteiger partial charge on any atom is -0.493 e. The number of nitrogens with zero attached hydrogens (tertiary/aromatic N) is 3. The van der Waals surface area contributed by atoms with Gasteiger partial charge >= 0.3 is 5.69 Å². The van der Waals surface area contributed by atoms with E-state index in [9.17, 15) is 29.8 Å². The van der Waals surface area contributed by atoms with Crippen molar-refractivity contribution in [1.29, 1.82) is 0 Å². The quantitative estimate of drug-likeness (QED) is 0.289. The normalized spacial score (nSPS) is 15.6. The Balaban J connectivity index is 1.91. The van der Waals surface area contributed by atoms with Gasteiger partial charge < -0.3 is 9.47 Å². The molecule has 1 aliphatic heterocycles. The van der Waals surface area contributed by atoms with Gasteiger partial charge in [0.25, 0.3) is 16.8 Å². The van der Waals surface area contributed by atoms with Crippen LogP contribution in [0.4, 0.5) is 16.2 Å². The first kappa shape index (κ1) is 23.7. The minimum absolute atomic E-state index is 0.124. The summed E-state index contributed by atoms with van der Waals surface area (Å²) in [6, 6.07) is 7.44. The zero-order chi connectivity index (χ0) is 24.3. The SMILES string of the molecule is CC[C@@H](C)N1C(=O)S/C(=C/c2ccc(Oc3ccc([N+](=O)[O-])cc3[N+](=O)[O-])c(OC)c2)C1=O. The lowest BCUT2D eigenvalue weighted by molar-refractivity contribution is -0.394. The van der Waals surface area contributed by atoms with E-state index in [1.165, 1.54) is 18.1 Å². The summed E-state index contributed by atoms with van der Waals surface area (Å²) in [6.07, 6.45) is 2.19. The first-order valence-electron chi connectivity index (χ1n) is 9.72. The Morgan fingerprint density at radius 3 is 2.36 bits per heavy atom. The number of methoxy groups -OCH3 is 1. The summed E-state index contributed by atoms with van der Waals surface area (Å²) < 4.78 is 10.9. The predicted molar refractivity (Wildman–Crippen MR) is 120 cm³/mol. The number of hydrogen-bond acceptors (Lipinski definition) is 9. The summed E-state index contributed by atoms with van der Waals surface area (Å²) >= 11 is 0.846. The fourth-order valence-corrected chi connectivity index (χ4v) is 3.95. The van der Waals surface area contributed by atoms with Crippen molar-refractivity contribution in [3.8, 4) is 17.2 Å². The van der Waals surface area contributed by atoms with Crippen molar-refractivity contribution in [2.45, 2.75) is 26.3 Å². The van der Waals surface area contributed by atoms with Crippen molar-refractivity contribution in [2.75, 3.05) is 7.11 Å². The van der Waals surface area contributed by atoms with Gasteiger partial charge in [0.15, 0.2) is 11.5 Å². The first-order valence-corrected chi connectivity index (χ1v) is 10.5. The zero-order valence-corrected chi connectivity index (χ0v) is 18.7. The van der Waals surface area contributed by atoms with Crippen LogP contribution in [0.2, 0.25) is 0 Å². The molecule has 12 heteroatoms. The van der Waals surface area contributed by atoms with Crippen molar-refractivity contribution in [3.05, 3.63) is 67.1 Å². The average Bonchev–Trinajstić information content (AvgIpc) is 3.06. The third-order valence-corrected chi connectivity index (χ3v) is 5.79. The molecule has 1 atom stereocenters. The van der Waals surface area contributed by atoms with Crippen LogP contribution in [-0.4, -0.2) is 39.0 Å². The lowest BCUT2D eigenvalue weighted by atomic mass is 10.1. The van der Waals surface area contributed by atoms with Crippen LogP contribution in [-0.2, 0) is 4.79 Å². The Labute approximate surface area is 192 Å². The van der Waals surface area contributed by atoms with E-state index < -0.39 is 21.2 Å². The molecule has 0 unspecified atom stereocenters. The van der Waals surface area contributed by atoms with Gasteiger partial charge in [0.1, 0.15) is 0 Å². The van der Waals surface area contributed by atoms with Crippen molar-refractivity contribution in [2.24, 2.45) is 0 Å². The van der Waals surface area contributed by atoms with Crippen molar-refractivity contribution >= 4 is 40.4 Å². The fraction of sp³-hybridized carbons (Fsp3) is 0.238. The van der Waals surface area contributed by atoms with Crippen molar-refractivity contribution in [3.63, 3.8) is 0 Å². The van der Waals surface area contributed by atoms with Crippen LogP contribution in [0.25, 0.3) is 6.08 Å². The molecule has 2 amide bonds. The molecule has 1 fully saturated rings. The van der Waals surface area contributed by atoms with Crippen molar-refractivity contribution in [1.82, 2.24) is 4.90 Å². The maximum atomic E-state index is 12.6. The molecule has 0 aliphatic carbocycles. The van der Waals surface area contributed by atoms with Gasteiger partial charge in [-0.15, -0.1) is 0 Å². The van der Waals surface area contributed by atoms with Gasteiger partial charge in [-0.05, 0) is 54.9 Å². The molecular weight excluding hydrogens is 454 g/mol. The highest BCUT2D eigenvalue weighted by atomic mass is 32.2. The molecule has 2 aromatic carbocycles. The third kappa shape index (κ3) is 4.95. The second-order valence-electron chi connectivity index (χ2n) is 6.99. The summed E-state index contributed by atoms with van der Waals surface area (Å²) in [7, 11) is 1.37. The van der Waals surface area contributed by atoms with E-state index in [1.54, 1.807) is 25.1 Å². The number of imide groups is 1. The fourth-order valence-electron chi connectivity index (χ4n) is 3.02. The molecular formula is C21H19N3O8S. The largest absolute Gasteiger partial charge is 0.493 e. The minimum atomic E-state index is -0.781. The predicted octanol–water partition coefficient (Wildman–Crippen LogP) is 5.14.